The SMILES string of the molecule is C/C(=N/O)C1(c2cnc(C)nc2)CCC(F)(F)CC1.CC(=O)C1(c2cnc(C)nc2)CCC(F)(F)CC1.Cl.NO. The molecule has 0 saturated heterocycles. The fourth-order valence-electron chi connectivity index (χ4n) is 5.16. The average molecular weight is 593 g/mol. The number of carbonyl (C=O) groups excluding carboxylic acids is 1. The quantitative estimate of drug-likeness (QED) is 0.178. The van der Waals surface area contributed by atoms with E-state index < -0.39 is 22.7 Å². The van der Waals surface area contributed by atoms with Crippen LogP contribution in [0.5, 0.6) is 0 Å². The minimum absolute atomic E-state index is 0. The Hall–Kier alpha value is -2.77. The van der Waals surface area contributed by atoms with E-state index in [9.17, 15) is 22.4 Å². The first kappa shape index (κ1) is 35.3. The van der Waals surface area contributed by atoms with Gasteiger partial charge in [-0.15, -0.1) is 12.4 Å². The Morgan fingerprint density at radius 2 is 1.02 bits per heavy atom. The molecule has 2 aromatic heterocycles. The van der Waals surface area contributed by atoms with Crippen molar-refractivity contribution < 1.29 is 32.8 Å². The number of nitrogens with two attached hydrogens (primary N) is 1. The fourth-order valence-corrected chi connectivity index (χ4v) is 5.16. The topological polar surface area (TPSA) is 147 Å². The third-order valence-electron chi connectivity index (χ3n) is 7.85. The summed E-state index contributed by atoms with van der Waals surface area (Å²) in [5.41, 5.74) is 0.343. The maximum absolute atomic E-state index is 13.4. The number of Topliss-reactive ketones (excluding diaryl/α,β-unsaturated/α-hetero) is 1. The van der Waals surface area contributed by atoms with Crippen LogP contribution in [0.3, 0.4) is 0 Å². The fraction of sp³-hybridized carbons (Fsp3) is 0.615. The summed E-state index contributed by atoms with van der Waals surface area (Å²) in [6, 6.07) is 0. The molecule has 0 radical (unpaired) electrons. The summed E-state index contributed by atoms with van der Waals surface area (Å²) in [6.45, 7) is 6.63. The molecule has 0 spiro atoms. The molecule has 0 aliphatic heterocycles. The molecule has 4 N–H and O–H groups in total. The number of hydrogen-bond donors (Lipinski definition) is 3. The number of nitrogens with zero attached hydrogens (tertiary/aromatic N) is 5. The van der Waals surface area contributed by atoms with Gasteiger partial charge in [0.05, 0.1) is 11.1 Å². The van der Waals surface area contributed by atoms with Crippen molar-refractivity contribution in [3.63, 3.8) is 0 Å². The molecule has 0 bridgehead atoms. The summed E-state index contributed by atoms with van der Waals surface area (Å²) < 4.78 is 53.2. The Labute approximate surface area is 237 Å². The van der Waals surface area contributed by atoms with Crippen molar-refractivity contribution in [2.45, 2.75) is 102 Å². The Morgan fingerprint density at radius 3 is 1.32 bits per heavy atom. The molecule has 9 nitrogen and oxygen atoms in total. The van der Waals surface area contributed by atoms with Gasteiger partial charge in [-0.25, -0.2) is 43.4 Å². The Morgan fingerprint density at radius 1 is 0.725 bits per heavy atom. The van der Waals surface area contributed by atoms with Gasteiger partial charge in [-0.1, -0.05) is 5.16 Å². The second-order valence-corrected chi connectivity index (χ2v) is 10.2. The normalized spacial score (nSPS) is 20.4. The summed E-state index contributed by atoms with van der Waals surface area (Å²) in [7, 11) is 0. The van der Waals surface area contributed by atoms with E-state index in [0.717, 1.165) is 5.56 Å². The molecule has 2 aliphatic rings. The van der Waals surface area contributed by atoms with E-state index in [-0.39, 0.29) is 69.6 Å². The van der Waals surface area contributed by atoms with Gasteiger partial charge in [0.25, 0.3) is 0 Å². The summed E-state index contributed by atoms with van der Waals surface area (Å²) in [4.78, 5) is 28.3. The van der Waals surface area contributed by atoms with E-state index in [4.69, 9.17) is 10.4 Å². The van der Waals surface area contributed by atoms with E-state index in [1.807, 2.05) is 0 Å². The average Bonchev–Trinajstić information content (AvgIpc) is 2.91. The molecule has 2 fully saturated rings. The van der Waals surface area contributed by atoms with Crippen LogP contribution in [0.1, 0.15) is 88.0 Å². The maximum atomic E-state index is 13.4. The van der Waals surface area contributed by atoms with Crippen LogP contribution in [0, 0.1) is 13.8 Å². The zero-order chi connectivity index (χ0) is 29.5. The summed E-state index contributed by atoms with van der Waals surface area (Å²) in [5, 5.41) is 18.8. The molecule has 0 unspecified atom stereocenters. The van der Waals surface area contributed by atoms with E-state index in [2.05, 4.69) is 31.0 Å². The zero-order valence-corrected chi connectivity index (χ0v) is 23.8. The van der Waals surface area contributed by atoms with Gasteiger partial charge in [-0.3, -0.25) is 4.79 Å². The van der Waals surface area contributed by atoms with E-state index in [1.165, 1.54) is 6.92 Å². The molecule has 2 aromatic rings. The minimum atomic E-state index is -2.65. The number of hydrogen-bond acceptors (Lipinski definition) is 9. The smallest absolute Gasteiger partial charge is 0.248 e. The van der Waals surface area contributed by atoms with Crippen molar-refractivity contribution in [1.29, 1.82) is 0 Å². The second-order valence-electron chi connectivity index (χ2n) is 10.2. The molecule has 2 heterocycles. The number of rotatable bonds is 4. The number of carbonyl (C=O) groups is 1. The number of aryl methyl sites for hydroxylation is 2. The van der Waals surface area contributed by atoms with Crippen molar-refractivity contribution in [1.82, 2.24) is 19.9 Å². The third kappa shape index (κ3) is 8.14. The zero-order valence-electron chi connectivity index (χ0n) is 23.0. The predicted molar refractivity (Wildman–Crippen MR) is 143 cm³/mol. The molecule has 14 heteroatoms. The largest absolute Gasteiger partial charge is 0.411 e. The monoisotopic (exact) mass is 592 g/mol. The lowest BCUT2D eigenvalue weighted by atomic mass is 9.66. The van der Waals surface area contributed by atoms with Crippen LogP contribution in [0.2, 0.25) is 0 Å². The number of aromatic nitrogens is 4. The van der Waals surface area contributed by atoms with Crippen LogP contribution < -0.4 is 5.90 Å². The Kier molecular flexibility index (Phi) is 12.5. The molecule has 224 valence electrons. The molecule has 2 saturated carbocycles. The van der Waals surface area contributed by atoms with Crippen molar-refractivity contribution in [2.75, 3.05) is 0 Å². The van der Waals surface area contributed by atoms with Crippen LogP contribution in [0.25, 0.3) is 0 Å². The van der Waals surface area contributed by atoms with Crippen LogP contribution in [0.15, 0.2) is 29.9 Å². The van der Waals surface area contributed by atoms with E-state index in [0.29, 0.717) is 22.9 Å². The highest BCUT2D eigenvalue weighted by Gasteiger charge is 2.48. The highest BCUT2D eigenvalue weighted by Crippen LogP contribution is 2.47. The first-order chi connectivity index (χ1) is 18.3. The van der Waals surface area contributed by atoms with Gasteiger partial charge in [0.2, 0.25) is 11.8 Å². The molecule has 2 aliphatic carbocycles. The third-order valence-corrected chi connectivity index (χ3v) is 7.85. The molecule has 0 atom stereocenters. The Bertz CT molecular complexity index is 1110. The molecule has 4 rings (SSSR count). The first-order valence-corrected chi connectivity index (χ1v) is 12.6. The van der Waals surface area contributed by atoms with Crippen molar-refractivity contribution in [3.05, 3.63) is 47.6 Å². The number of ketones is 1. The van der Waals surface area contributed by atoms with Crippen molar-refractivity contribution in [2.24, 2.45) is 11.1 Å². The van der Waals surface area contributed by atoms with Gasteiger partial charge < -0.3 is 10.4 Å². The predicted octanol–water partition coefficient (Wildman–Crippen LogP) is 5.66. The standard InChI is InChI=1S/C13H17F2N3O.C13H16F2N2O.ClH.H3NO/c1-9(18-19)12(3-5-13(14,15)6-4-12)11-7-16-10(2)17-8-11;1-9(18)12(3-5-13(14,15)6-4-12)11-7-16-10(2)17-8-11;;1-2/h7-8,19H,3-6H2,1-2H3;7-8H,3-6H2,1-2H3;1H;2H,1H2/b18-9-;;;. The summed E-state index contributed by atoms with van der Waals surface area (Å²) >= 11 is 0. The number of halogens is 5. The molecular formula is C26H37ClF4N6O3. The van der Waals surface area contributed by atoms with Gasteiger partial charge in [0, 0.05) is 67.0 Å². The lowest BCUT2D eigenvalue weighted by Gasteiger charge is -2.39. The van der Waals surface area contributed by atoms with Crippen LogP contribution in [-0.2, 0) is 15.6 Å². The van der Waals surface area contributed by atoms with E-state index in [1.54, 1.807) is 45.6 Å². The molecule has 0 amide bonds. The van der Waals surface area contributed by atoms with Crippen molar-refractivity contribution >= 4 is 23.9 Å². The minimum Gasteiger partial charge on any atom is -0.411 e. The van der Waals surface area contributed by atoms with Gasteiger partial charge in [0.1, 0.15) is 17.4 Å². The Balaban J connectivity index is 0.000000368. The van der Waals surface area contributed by atoms with Crippen molar-refractivity contribution in [3.8, 4) is 0 Å². The lowest BCUT2D eigenvalue weighted by molar-refractivity contribution is -0.127. The van der Waals surface area contributed by atoms with Crippen LogP contribution in [-0.4, -0.2) is 53.7 Å². The molecule has 0 aromatic carbocycles. The van der Waals surface area contributed by atoms with Crippen LogP contribution >= 0.6 is 12.4 Å². The molecule has 40 heavy (non-hydrogen) atoms. The number of alkyl halides is 4. The van der Waals surface area contributed by atoms with E-state index >= 15 is 0 Å². The highest BCUT2D eigenvalue weighted by atomic mass is 35.5. The molecular weight excluding hydrogens is 556 g/mol. The number of oxime groups is 1. The highest BCUT2D eigenvalue weighted by molar-refractivity contribution is 5.92. The first-order valence-electron chi connectivity index (χ1n) is 12.6. The summed E-state index contributed by atoms with van der Waals surface area (Å²) in [5.74, 6) is -0.627. The van der Waals surface area contributed by atoms with Crippen LogP contribution in [0.4, 0.5) is 17.6 Å². The van der Waals surface area contributed by atoms with Gasteiger partial charge in [-0.05, 0) is 53.4 Å². The van der Waals surface area contributed by atoms with Gasteiger partial charge >= 0.3 is 0 Å². The maximum Gasteiger partial charge on any atom is 0.248 e. The van der Waals surface area contributed by atoms with Gasteiger partial charge in [-0.2, -0.15) is 0 Å². The summed E-state index contributed by atoms with van der Waals surface area (Å²) in [6.07, 6.45) is 6.35. The second kappa shape index (κ2) is 14.2. The lowest BCUT2D eigenvalue weighted by Crippen LogP contribution is -2.42. The van der Waals surface area contributed by atoms with Gasteiger partial charge in [0.15, 0.2) is 0 Å².